The number of thioether (sulfide) groups is 1. The zero-order chi connectivity index (χ0) is 17.5. The number of ether oxygens (including phenoxy) is 1. The fourth-order valence-electron chi connectivity index (χ4n) is 1.62. The minimum Gasteiger partial charge on any atom is -0.383 e. The molecule has 1 aromatic heterocycles. The van der Waals surface area contributed by atoms with E-state index in [1.54, 1.807) is 32.2 Å². The lowest BCUT2D eigenvalue weighted by atomic mass is 10.3. The van der Waals surface area contributed by atoms with Crippen LogP contribution in [-0.4, -0.2) is 41.6 Å². The molecule has 1 atom stereocenters. The first-order chi connectivity index (χ1) is 11.5. The van der Waals surface area contributed by atoms with Gasteiger partial charge in [-0.25, -0.2) is 0 Å². The smallest absolute Gasteiger partial charge is 0.237 e. The molecule has 0 aliphatic heterocycles. The van der Waals surface area contributed by atoms with Gasteiger partial charge in [0.1, 0.15) is 0 Å². The highest BCUT2D eigenvalue weighted by molar-refractivity contribution is 8.02. The van der Waals surface area contributed by atoms with Crippen LogP contribution in [0.4, 0.5) is 10.8 Å². The number of nitrogens with zero attached hydrogens (tertiary/aromatic N) is 2. The summed E-state index contributed by atoms with van der Waals surface area (Å²) in [5.74, 6) is -0.187. The molecule has 0 aliphatic carbocycles. The van der Waals surface area contributed by atoms with Gasteiger partial charge in [-0.1, -0.05) is 46.3 Å². The van der Waals surface area contributed by atoms with Gasteiger partial charge < -0.3 is 15.4 Å². The Bertz CT molecular complexity index is 699. The first-order valence-electron chi connectivity index (χ1n) is 6.98. The van der Waals surface area contributed by atoms with Crippen LogP contribution < -0.4 is 10.6 Å². The van der Waals surface area contributed by atoms with Crippen LogP contribution in [-0.2, 0) is 9.53 Å². The Morgan fingerprint density at radius 3 is 2.96 bits per heavy atom. The van der Waals surface area contributed by atoms with Crippen molar-refractivity contribution in [1.29, 1.82) is 0 Å². The molecule has 24 heavy (non-hydrogen) atoms. The normalized spacial score (nSPS) is 12.0. The molecular formula is C14H16Cl2N4O2S2. The standard InChI is InChI=1S/C14H16Cl2N4O2S2/c1-8(12(21)18-11-7-9(15)3-4-10(11)16)23-14-20-19-13(24-14)17-5-6-22-2/h3-4,7-8H,5-6H2,1-2H3,(H,17,19)(H,18,21)/t8-/m1/s1. The third kappa shape index (κ3) is 5.78. The molecule has 0 aliphatic rings. The summed E-state index contributed by atoms with van der Waals surface area (Å²) in [7, 11) is 1.63. The summed E-state index contributed by atoms with van der Waals surface area (Å²) in [6.45, 7) is 3.03. The van der Waals surface area contributed by atoms with Crippen molar-refractivity contribution in [2.45, 2.75) is 16.5 Å². The van der Waals surface area contributed by atoms with Gasteiger partial charge in [-0.05, 0) is 25.1 Å². The first-order valence-corrected chi connectivity index (χ1v) is 9.43. The molecule has 0 saturated heterocycles. The Balaban J connectivity index is 1.90. The van der Waals surface area contributed by atoms with Crippen LogP contribution in [0.5, 0.6) is 0 Å². The number of benzene rings is 1. The molecule has 10 heteroatoms. The van der Waals surface area contributed by atoms with E-state index >= 15 is 0 Å². The molecular weight excluding hydrogens is 391 g/mol. The number of hydrogen-bond donors (Lipinski definition) is 2. The fourth-order valence-corrected chi connectivity index (χ4v) is 3.88. The van der Waals surface area contributed by atoms with Crippen molar-refractivity contribution >= 4 is 63.0 Å². The molecule has 0 fully saturated rings. The van der Waals surface area contributed by atoms with Gasteiger partial charge in [-0.2, -0.15) is 0 Å². The highest BCUT2D eigenvalue weighted by Crippen LogP contribution is 2.30. The molecule has 0 saturated carbocycles. The number of rotatable bonds is 8. The molecule has 1 aromatic carbocycles. The predicted octanol–water partition coefficient (Wildman–Crippen LogP) is 4.02. The van der Waals surface area contributed by atoms with E-state index in [-0.39, 0.29) is 11.2 Å². The largest absolute Gasteiger partial charge is 0.383 e. The van der Waals surface area contributed by atoms with Crippen LogP contribution in [0.3, 0.4) is 0 Å². The maximum atomic E-state index is 12.3. The van der Waals surface area contributed by atoms with E-state index < -0.39 is 0 Å². The predicted molar refractivity (Wildman–Crippen MR) is 101 cm³/mol. The van der Waals surface area contributed by atoms with Crippen molar-refractivity contribution in [3.05, 3.63) is 28.2 Å². The van der Waals surface area contributed by atoms with Crippen LogP contribution >= 0.6 is 46.3 Å². The Kier molecular flexibility index (Phi) is 7.57. The van der Waals surface area contributed by atoms with Gasteiger partial charge in [-0.15, -0.1) is 10.2 Å². The number of amides is 1. The topological polar surface area (TPSA) is 76.1 Å². The highest BCUT2D eigenvalue weighted by Gasteiger charge is 2.18. The van der Waals surface area contributed by atoms with Crippen molar-refractivity contribution < 1.29 is 9.53 Å². The minimum atomic E-state index is -0.361. The molecule has 2 N–H and O–H groups in total. The maximum absolute atomic E-state index is 12.3. The SMILES string of the molecule is COCCNc1nnc(S[C@H](C)C(=O)Nc2cc(Cl)ccc2Cl)s1. The Morgan fingerprint density at radius 2 is 2.21 bits per heavy atom. The summed E-state index contributed by atoms with van der Waals surface area (Å²) >= 11 is 14.7. The van der Waals surface area contributed by atoms with E-state index in [1.807, 2.05) is 0 Å². The van der Waals surface area contributed by atoms with Crippen molar-refractivity contribution in [3.8, 4) is 0 Å². The maximum Gasteiger partial charge on any atom is 0.237 e. The van der Waals surface area contributed by atoms with Gasteiger partial charge in [0.2, 0.25) is 11.0 Å². The van der Waals surface area contributed by atoms with Crippen LogP contribution in [0.25, 0.3) is 0 Å². The molecule has 1 heterocycles. The monoisotopic (exact) mass is 406 g/mol. The zero-order valence-electron chi connectivity index (χ0n) is 13.0. The second kappa shape index (κ2) is 9.43. The number of carbonyl (C=O) groups excluding carboxylic acids is 1. The van der Waals surface area contributed by atoms with E-state index in [0.29, 0.717) is 38.4 Å². The first kappa shape index (κ1) is 19.3. The summed E-state index contributed by atoms with van der Waals surface area (Å²) in [6, 6.07) is 4.92. The van der Waals surface area contributed by atoms with Gasteiger partial charge in [0.05, 0.1) is 22.6 Å². The number of methoxy groups -OCH3 is 1. The molecule has 0 bridgehead atoms. The van der Waals surface area contributed by atoms with Gasteiger partial charge in [-0.3, -0.25) is 4.79 Å². The summed E-state index contributed by atoms with van der Waals surface area (Å²) < 4.78 is 5.66. The van der Waals surface area contributed by atoms with E-state index in [9.17, 15) is 4.79 Å². The number of aromatic nitrogens is 2. The van der Waals surface area contributed by atoms with Crippen LogP contribution in [0.1, 0.15) is 6.92 Å². The minimum absolute atomic E-state index is 0.187. The van der Waals surface area contributed by atoms with Crippen LogP contribution in [0.15, 0.2) is 22.5 Å². The van der Waals surface area contributed by atoms with Gasteiger partial charge in [0.25, 0.3) is 0 Å². The van der Waals surface area contributed by atoms with Crippen molar-refractivity contribution in [3.63, 3.8) is 0 Å². The van der Waals surface area contributed by atoms with E-state index in [4.69, 9.17) is 27.9 Å². The number of hydrogen-bond acceptors (Lipinski definition) is 7. The number of anilines is 2. The Labute approximate surface area is 158 Å². The second-order valence-corrected chi connectivity index (χ2v) is 8.08. The Morgan fingerprint density at radius 1 is 1.42 bits per heavy atom. The molecule has 2 aromatic rings. The number of carbonyl (C=O) groups is 1. The highest BCUT2D eigenvalue weighted by atomic mass is 35.5. The lowest BCUT2D eigenvalue weighted by Gasteiger charge is -2.11. The van der Waals surface area contributed by atoms with E-state index in [0.717, 1.165) is 0 Å². The molecule has 0 radical (unpaired) electrons. The molecule has 130 valence electrons. The number of halogens is 2. The average molecular weight is 407 g/mol. The van der Waals surface area contributed by atoms with Gasteiger partial charge >= 0.3 is 0 Å². The van der Waals surface area contributed by atoms with Crippen molar-refractivity contribution in [2.24, 2.45) is 0 Å². The van der Waals surface area contributed by atoms with Crippen LogP contribution in [0, 0.1) is 0 Å². The molecule has 6 nitrogen and oxygen atoms in total. The second-order valence-electron chi connectivity index (χ2n) is 4.67. The molecule has 2 rings (SSSR count). The third-order valence-electron chi connectivity index (χ3n) is 2.82. The van der Waals surface area contributed by atoms with E-state index in [1.165, 1.54) is 23.1 Å². The summed E-state index contributed by atoms with van der Waals surface area (Å²) in [5.41, 5.74) is 0.487. The van der Waals surface area contributed by atoms with Crippen molar-refractivity contribution in [1.82, 2.24) is 10.2 Å². The Hall–Kier alpha value is -1.06. The lowest BCUT2D eigenvalue weighted by molar-refractivity contribution is -0.115. The van der Waals surface area contributed by atoms with Crippen LogP contribution in [0.2, 0.25) is 10.0 Å². The number of nitrogens with one attached hydrogen (secondary N) is 2. The quantitative estimate of drug-likeness (QED) is 0.509. The average Bonchev–Trinajstić information content (AvgIpc) is 2.98. The molecule has 1 amide bonds. The molecule has 0 unspecified atom stereocenters. The summed E-state index contributed by atoms with van der Waals surface area (Å²) in [5, 5.41) is 15.2. The summed E-state index contributed by atoms with van der Waals surface area (Å²) in [4.78, 5) is 12.3. The zero-order valence-corrected chi connectivity index (χ0v) is 16.2. The van der Waals surface area contributed by atoms with Crippen molar-refractivity contribution in [2.75, 3.05) is 30.9 Å². The fraction of sp³-hybridized carbons (Fsp3) is 0.357. The van der Waals surface area contributed by atoms with Gasteiger partial charge in [0.15, 0.2) is 4.34 Å². The third-order valence-corrected chi connectivity index (χ3v) is 5.45. The van der Waals surface area contributed by atoms with E-state index in [2.05, 4.69) is 20.8 Å². The lowest BCUT2D eigenvalue weighted by Crippen LogP contribution is -2.22. The molecule has 0 spiro atoms. The van der Waals surface area contributed by atoms with Gasteiger partial charge in [0, 0.05) is 18.7 Å². The summed E-state index contributed by atoms with van der Waals surface area (Å²) in [6.07, 6.45) is 0.